The number of aliphatic carboxylic acids is 1. The highest BCUT2D eigenvalue weighted by molar-refractivity contribution is 5.73. The Hall–Kier alpha value is -1.91. The smallest absolute Gasteiger partial charge is 0.311 e. The van der Waals surface area contributed by atoms with Crippen molar-refractivity contribution in [3.05, 3.63) is 30.1 Å². The third kappa shape index (κ3) is 4.08. The van der Waals surface area contributed by atoms with Crippen LogP contribution in [0.3, 0.4) is 0 Å². The van der Waals surface area contributed by atoms with Gasteiger partial charge in [0.05, 0.1) is 0 Å². The average molecular weight is 226 g/mol. The number of carboxylic acid groups (broad SMARTS) is 1. The predicted molar refractivity (Wildman–Crippen MR) is 53.5 cm³/mol. The van der Waals surface area contributed by atoms with Crippen molar-refractivity contribution in [3.63, 3.8) is 0 Å². The minimum absolute atomic E-state index is 0.0410. The van der Waals surface area contributed by atoms with Crippen LogP contribution in [0.15, 0.2) is 24.3 Å². The van der Waals surface area contributed by atoms with Crippen molar-refractivity contribution < 1.29 is 23.8 Å². The molecule has 0 radical (unpaired) electrons. The molecule has 1 rings (SSSR count). The first-order valence-corrected chi connectivity index (χ1v) is 4.76. The minimum Gasteiger partial charge on any atom is -0.481 e. The molecule has 1 aromatic rings. The van der Waals surface area contributed by atoms with Gasteiger partial charge in [-0.05, 0) is 18.6 Å². The molecular formula is C11H11FO4. The van der Waals surface area contributed by atoms with Crippen LogP contribution in [0.5, 0.6) is 5.75 Å². The van der Waals surface area contributed by atoms with Crippen LogP contribution in [-0.2, 0) is 9.59 Å². The van der Waals surface area contributed by atoms with Gasteiger partial charge in [0, 0.05) is 12.8 Å². The van der Waals surface area contributed by atoms with E-state index in [9.17, 15) is 14.0 Å². The van der Waals surface area contributed by atoms with Crippen molar-refractivity contribution in [2.24, 2.45) is 0 Å². The first kappa shape index (κ1) is 12.2. The molecule has 0 aliphatic rings. The minimum atomic E-state index is -0.973. The van der Waals surface area contributed by atoms with E-state index in [0.29, 0.717) is 0 Å². The van der Waals surface area contributed by atoms with E-state index >= 15 is 0 Å². The molecule has 86 valence electrons. The second-order valence-corrected chi connectivity index (χ2v) is 3.15. The molecule has 1 N–H and O–H groups in total. The van der Waals surface area contributed by atoms with Crippen LogP contribution in [0.2, 0.25) is 0 Å². The zero-order chi connectivity index (χ0) is 12.0. The van der Waals surface area contributed by atoms with E-state index in [1.54, 1.807) is 6.07 Å². The summed E-state index contributed by atoms with van der Waals surface area (Å²) in [6.07, 6.45) is 0.0373. The van der Waals surface area contributed by atoms with E-state index in [1.807, 2.05) is 0 Å². The molecule has 0 spiro atoms. The third-order valence-electron chi connectivity index (χ3n) is 1.83. The highest BCUT2D eigenvalue weighted by Gasteiger charge is 2.09. The molecule has 0 fully saturated rings. The molecular weight excluding hydrogens is 215 g/mol. The van der Waals surface area contributed by atoms with Gasteiger partial charge in [-0.2, -0.15) is 0 Å². The monoisotopic (exact) mass is 226 g/mol. The standard InChI is InChI=1S/C11H11FO4/c12-8-4-1-2-5-9(8)16-11(15)7-3-6-10(13)14/h1-2,4-5H,3,6-7H2,(H,13,14). The quantitative estimate of drug-likeness (QED) is 0.616. The fourth-order valence-corrected chi connectivity index (χ4v) is 1.09. The lowest BCUT2D eigenvalue weighted by molar-refractivity contribution is -0.137. The van der Waals surface area contributed by atoms with Gasteiger partial charge in [-0.15, -0.1) is 0 Å². The number of esters is 1. The summed E-state index contributed by atoms with van der Waals surface area (Å²) in [5.41, 5.74) is 0. The summed E-state index contributed by atoms with van der Waals surface area (Å²) < 4.78 is 17.7. The molecule has 1 aromatic carbocycles. The summed E-state index contributed by atoms with van der Waals surface area (Å²) in [4.78, 5) is 21.3. The number of ether oxygens (including phenoxy) is 1. The molecule has 0 atom stereocenters. The van der Waals surface area contributed by atoms with Crippen molar-refractivity contribution in [1.82, 2.24) is 0 Å². The molecule has 0 unspecified atom stereocenters. The Labute approximate surface area is 91.7 Å². The summed E-state index contributed by atoms with van der Waals surface area (Å²) >= 11 is 0. The summed E-state index contributed by atoms with van der Waals surface area (Å²) in [5.74, 6) is -2.36. The van der Waals surface area contributed by atoms with E-state index in [1.165, 1.54) is 18.2 Å². The van der Waals surface area contributed by atoms with Crippen LogP contribution in [0.25, 0.3) is 0 Å². The van der Waals surface area contributed by atoms with Crippen molar-refractivity contribution in [2.75, 3.05) is 0 Å². The normalized spacial score (nSPS) is 9.81. The van der Waals surface area contributed by atoms with E-state index in [4.69, 9.17) is 9.84 Å². The number of rotatable bonds is 5. The van der Waals surface area contributed by atoms with Gasteiger partial charge in [0.1, 0.15) is 0 Å². The Morgan fingerprint density at radius 1 is 1.25 bits per heavy atom. The number of hydrogen-bond donors (Lipinski definition) is 1. The first-order chi connectivity index (χ1) is 7.59. The highest BCUT2D eigenvalue weighted by atomic mass is 19.1. The van der Waals surface area contributed by atoms with Gasteiger partial charge in [0.25, 0.3) is 0 Å². The van der Waals surface area contributed by atoms with Gasteiger partial charge in [-0.1, -0.05) is 12.1 Å². The predicted octanol–water partition coefficient (Wildman–Crippen LogP) is 1.99. The van der Waals surface area contributed by atoms with Crippen LogP contribution in [0.4, 0.5) is 4.39 Å². The Morgan fingerprint density at radius 3 is 2.56 bits per heavy atom. The van der Waals surface area contributed by atoms with Crippen LogP contribution in [0.1, 0.15) is 19.3 Å². The number of carbonyl (C=O) groups excluding carboxylic acids is 1. The van der Waals surface area contributed by atoms with Crippen molar-refractivity contribution >= 4 is 11.9 Å². The van der Waals surface area contributed by atoms with Gasteiger partial charge >= 0.3 is 11.9 Å². The second-order valence-electron chi connectivity index (χ2n) is 3.15. The zero-order valence-corrected chi connectivity index (χ0v) is 8.48. The molecule has 0 saturated carbocycles. The topological polar surface area (TPSA) is 63.6 Å². The summed E-state index contributed by atoms with van der Waals surface area (Å²) in [6.45, 7) is 0. The average Bonchev–Trinajstić information content (AvgIpc) is 2.21. The third-order valence-corrected chi connectivity index (χ3v) is 1.83. The maximum atomic E-state index is 13.0. The molecule has 5 heteroatoms. The molecule has 16 heavy (non-hydrogen) atoms. The van der Waals surface area contributed by atoms with Gasteiger partial charge in [0.15, 0.2) is 11.6 Å². The van der Waals surface area contributed by atoms with Crippen molar-refractivity contribution in [3.8, 4) is 5.75 Å². The Morgan fingerprint density at radius 2 is 1.94 bits per heavy atom. The van der Waals surface area contributed by atoms with Gasteiger partial charge in [0.2, 0.25) is 0 Å². The lowest BCUT2D eigenvalue weighted by Crippen LogP contribution is -2.09. The van der Waals surface area contributed by atoms with Crippen LogP contribution in [0, 0.1) is 5.82 Å². The number of benzene rings is 1. The van der Waals surface area contributed by atoms with Crippen molar-refractivity contribution in [2.45, 2.75) is 19.3 Å². The fraction of sp³-hybridized carbons (Fsp3) is 0.273. The Kier molecular flexibility index (Phi) is 4.44. The summed E-state index contributed by atoms with van der Waals surface area (Å²) in [7, 11) is 0. The largest absolute Gasteiger partial charge is 0.481 e. The number of hydrogen-bond acceptors (Lipinski definition) is 3. The Bertz CT molecular complexity index is 389. The van der Waals surface area contributed by atoms with Gasteiger partial charge in [-0.3, -0.25) is 9.59 Å². The van der Waals surface area contributed by atoms with E-state index in [-0.39, 0.29) is 25.0 Å². The Balaban J connectivity index is 2.40. The SMILES string of the molecule is O=C(O)CCCC(=O)Oc1ccccc1F. The highest BCUT2D eigenvalue weighted by Crippen LogP contribution is 2.16. The fourth-order valence-electron chi connectivity index (χ4n) is 1.09. The molecule has 0 saturated heterocycles. The first-order valence-electron chi connectivity index (χ1n) is 4.76. The van der Waals surface area contributed by atoms with Crippen LogP contribution >= 0.6 is 0 Å². The number of halogens is 1. The number of para-hydroxylation sites is 1. The van der Waals surface area contributed by atoms with E-state index < -0.39 is 17.8 Å². The van der Waals surface area contributed by atoms with Crippen molar-refractivity contribution in [1.29, 1.82) is 0 Å². The molecule has 0 aromatic heterocycles. The number of carboxylic acids is 1. The van der Waals surface area contributed by atoms with Crippen LogP contribution < -0.4 is 4.74 Å². The molecule has 0 heterocycles. The van der Waals surface area contributed by atoms with Crippen LogP contribution in [-0.4, -0.2) is 17.0 Å². The summed E-state index contributed by atoms with van der Waals surface area (Å²) in [6, 6.07) is 5.55. The maximum Gasteiger partial charge on any atom is 0.311 e. The number of carbonyl (C=O) groups is 2. The lowest BCUT2D eigenvalue weighted by Gasteiger charge is -2.04. The molecule has 0 aliphatic heterocycles. The van der Waals surface area contributed by atoms with E-state index in [2.05, 4.69) is 0 Å². The molecule has 0 amide bonds. The maximum absolute atomic E-state index is 13.0. The van der Waals surface area contributed by atoms with Gasteiger partial charge in [-0.25, -0.2) is 4.39 Å². The second kappa shape index (κ2) is 5.85. The lowest BCUT2D eigenvalue weighted by atomic mass is 10.2. The molecule has 0 bridgehead atoms. The summed E-state index contributed by atoms with van der Waals surface area (Å²) in [5, 5.41) is 8.35. The van der Waals surface area contributed by atoms with E-state index in [0.717, 1.165) is 0 Å². The molecule has 4 nitrogen and oxygen atoms in total. The molecule has 0 aliphatic carbocycles. The van der Waals surface area contributed by atoms with Gasteiger partial charge < -0.3 is 9.84 Å². The zero-order valence-electron chi connectivity index (χ0n) is 8.48.